The molecule has 1 aromatic heterocycles. The van der Waals surface area contributed by atoms with Crippen molar-refractivity contribution in [3.05, 3.63) is 241 Å². The van der Waals surface area contributed by atoms with Crippen molar-refractivity contribution in [3.8, 4) is 67.3 Å². The standard InChI is InChI=1S/C59H36N2/c1-2-16-38(17-3-1)53-36-54(48-24-14-28-52-57(48)47-23-10-13-27-51(47)59(52)49-25-11-8-21-45(49)46-22-9-12-26-50(46)59)61-58(60-53)40-32-30-39(31-33-40)55-44-20-7-5-18-41(44)35-42-34-29-37-15-4-6-19-43(37)56(42)55/h1-36H. The predicted octanol–water partition coefficient (Wildman–Crippen LogP) is 14.9. The molecule has 0 N–H and O–H groups in total. The van der Waals surface area contributed by atoms with Crippen LogP contribution in [-0.4, -0.2) is 9.97 Å². The van der Waals surface area contributed by atoms with Crippen molar-refractivity contribution in [3.63, 3.8) is 0 Å². The topological polar surface area (TPSA) is 25.8 Å². The van der Waals surface area contributed by atoms with Crippen LogP contribution >= 0.6 is 0 Å². The Kier molecular flexibility index (Phi) is 7.26. The van der Waals surface area contributed by atoms with Gasteiger partial charge in [-0.05, 0) is 100 Å². The second-order valence-electron chi connectivity index (χ2n) is 16.4. The van der Waals surface area contributed by atoms with Crippen LogP contribution in [0, 0.1) is 0 Å². The van der Waals surface area contributed by atoms with E-state index >= 15 is 0 Å². The first-order chi connectivity index (χ1) is 30.3. The predicted molar refractivity (Wildman–Crippen MR) is 253 cm³/mol. The molecule has 0 saturated carbocycles. The highest BCUT2D eigenvalue weighted by Crippen LogP contribution is 2.64. The molecule has 0 aliphatic heterocycles. The van der Waals surface area contributed by atoms with Crippen LogP contribution in [0.2, 0.25) is 0 Å². The van der Waals surface area contributed by atoms with Crippen molar-refractivity contribution in [2.75, 3.05) is 0 Å². The van der Waals surface area contributed by atoms with E-state index in [-0.39, 0.29) is 0 Å². The van der Waals surface area contributed by atoms with Crippen molar-refractivity contribution in [2.45, 2.75) is 5.41 Å². The van der Waals surface area contributed by atoms with Gasteiger partial charge in [-0.1, -0.05) is 206 Å². The molecule has 1 heterocycles. The molecule has 0 amide bonds. The van der Waals surface area contributed by atoms with E-state index in [1.165, 1.54) is 88.0 Å². The third-order valence-electron chi connectivity index (χ3n) is 13.3. The maximum absolute atomic E-state index is 5.49. The number of benzene rings is 10. The lowest BCUT2D eigenvalue weighted by molar-refractivity contribution is 0.794. The first-order valence-electron chi connectivity index (χ1n) is 21.1. The third kappa shape index (κ3) is 4.85. The zero-order chi connectivity index (χ0) is 40.1. The van der Waals surface area contributed by atoms with Gasteiger partial charge in [0.05, 0.1) is 16.8 Å². The van der Waals surface area contributed by atoms with Crippen molar-refractivity contribution < 1.29 is 0 Å². The number of aromatic nitrogens is 2. The Labute approximate surface area is 354 Å². The summed E-state index contributed by atoms with van der Waals surface area (Å²) in [5.74, 6) is 0.700. The van der Waals surface area contributed by atoms with Crippen LogP contribution in [-0.2, 0) is 5.41 Å². The van der Waals surface area contributed by atoms with E-state index in [1.54, 1.807) is 0 Å². The summed E-state index contributed by atoms with van der Waals surface area (Å²) in [6.45, 7) is 0. The van der Waals surface area contributed by atoms with Crippen LogP contribution in [0.4, 0.5) is 0 Å². The summed E-state index contributed by atoms with van der Waals surface area (Å²) in [7, 11) is 0. The number of hydrogen-bond acceptors (Lipinski definition) is 2. The van der Waals surface area contributed by atoms with E-state index in [4.69, 9.17) is 9.97 Å². The molecule has 0 radical (unpaired) electrons. The van der Waals surface area contributed by atoms with Gasteiger partial charge in [-0.3, -0.25) is 0 Å². The maximum atomic E-state index is 5.49. The Bertz CT molecular complexity index is 3540. The minimum atomic E-state index is -0.430. The summed E-state index contributed by atoms with van der Waals surface area (Å²) < 4.78 is 0. The van der Waals surface area contributed by atoms with Crippen molar-refractivity contribution in [1.29, 1.82) is 0 Å². The number of hydrogen-bond donors (Lipinski definition) is 0. The summed E-state index contributed by atoms with van der Waals surface area (Å²) in [5.41, 5.74) is 17.3. The lowest BCUT2D eigenvalue weighted by Gasteiger charge is -2.30. The largest absolute Gasteiger partial charge is 0.228 e. The Morgan fingerprint density at radius 3 is 1.59 bits per heavy atom. The Morgan fingerprint density at radius 1 is 0.295 bits per heavy atom. The smallest absolute Gasteiger partial charge is 0.160 e. The van der Waals surface area contributed by atoms with Crippen LogP contribution in [0.3, 0.4) is 0 Å². The molecule has 10 aromatic carbocycles. The van der Waals surface area contributed by atoms with Crippen LogP contribution < -0.4 is 0 Å². The monoisotopic (exact) mass is 772 g/mol. The molecule has 2 aliphatic rings. The lowest BCUT2D eigenvalue weighted by Crippen LogP contribution is -2.25. The molecular weight excluding hydrogens is 737 g/mol. The minimum absolute atomic E-state index is 0.430. The quantitative estimate of drug-likeness (QED) is 0.132. The van der Waals surface area contributed by atoms with Gasteiger partial charge in [0.25, 0.3) is 0 Å². The molecule has 0 atom stereocenters. The van der Waals surface area contributed by atoms with E-state index in [9.17, 15) is 0 Å². The van der Waals surface area contributed by atoms with Crippen LogP contribution in [0.5, 0.6) is 0 Å². The highest BCUT2D eigenvalue weighted by molar-refractivity contribution is 6.22. The normalized spacial score (nSPS) is 13.0. The average molecular weight is 773 g/mol. The van der Waals surface area contributed by atoms with Gasteiger partial charge in [-0.15, -0.1) is 0 Å². The highest BCUT2D eigenvalue weighted by atomic mass is 14.9. The van der Waals surface area contributed by atoms with Gasteiger partial charge in [0.15, 0.2) is 5.82 Å². The third-order valence-corrected chi connectivity index (χ3v) is 13.3. The van der Waals surface area contributed by atoms with E-state index in [2.05, 4.69) is 218 Å². The Balaban J connectivity index is 1.02. The van der Waals surface area contributed by atoms with E-state index in [0.717, 1.165) is 28.1 Å². The number of rotatable bonds is 4. The van der Waals surface area contributed by atoms with Gasteiger partial charge in [0, 0.05) is 16.7 Å². The van der Waals surface area contributed by atoms with Crippen molar-refractivity contribution >= 4 is 32.3 Å². The second-order valence-corrected chi connectivity index (χ2v) is 16.4. The van der Waals surface area contributed by atoms with Crippen LogP contribution in [0.1, 0.15) is 22.3 Å². The zero-order valence-electron chi connectivity index (χ0n) is 33.2. The SMILES string of the molecule is c1ccc(-c2cc(-c3cccc4c3-c3ccccc3C43c4ccccc4-c4ccccc43)nc(-c3ccc(-c4c5ccccc5cc5ccc6ccccc6c45)cc3)n2)cc1. The van der Waals surface area contributed by atoms with Gasteiger partial charge >= 0.3 is 0 Å². The number of fused-ring (bicyclic) bond motifs is 14. The molecule has 282 valence electrons. The fourth-order valence-electron chi connectivity index (χ4n) is 10.8. The minimum Gasteiger partial charge on any atom is -0.228 e. The molecule has 0 saturated heterocycles. The fourth-order valence-corrected chi connectivity index (χ4v) is 10.8. The molecule has 1 spiro atoms. The molecule has 0 unspecified atom stereocenters. The first kappa shape index (κ1) is 34.0. The van der Waals surface area contributed by atoms with Gasteiger partial charge in [0.2, 0.25) is 0 Å². The summed E-state index contributed by atoms with van der Waals surface area (Å²) >= 11 is 0. The van der Waals surface area contributed by atoms with E-state index < -0.39 is 5.41 Å². The molecule has 2 heteroatoms. The van der Waals surface area contributed by atoms with Crippen molar-refractivity contribution in [2.24, 2.45) is 0 Å². The molecule has 61 heavy (non-hydrogen) atoms. The molecule has 2 aliphatic carbocycles. The van der Waals surface area contributed by atoms with Gasteiger partial charge < -0.3 is 0 Å². The van der Waals surface area contributed by atoms with E-state index in [0.29, 0.717) is 5.82 Å². The summed E-state index contributed by atoms with van der Waals surface area (Å²) in [6, 6.07) is 79.7. The number of nitrogens with zero attached hydrogens (tertiary/aromatic N) is 2. The lowest BCUT2D eigenvalue weighted by atomic mass is 9.70. The van der Waals surface area contributed by atoms with Gasteiger partial charge in [-0.2, -0.15) is 0 Å². The van der Waals surface area contributed by atoms with E-state index in [1.807, 2.05) is 0 Å². The van der Waals surface area contributed by atoms with Crippen LogP contribution in [0.15, 0.2) is 218 Å². The second kappa shape index (κ2) is 13.0. The fraction of sp³-hybridized carbons (Fsp3) is 0.0169. The highest BCUT2D eigenvalue weighted by Gasteiger charge is 2.52. The van der Waals surface area contributed by atoms with Gasteiger partial charge in [-0.25, -0.2) is 9.97 Å². The molecule has 13 rings (SSSR count). The summed E-state index contributed by atoms with van der Waals surface area (Å²) in [5, 5.41) is 7.49. The molecule has 11 aromatic rings. The van der Waals surface area contributed by atoms with Crippen molar-refractivity contribution in [1.82, 2.24) is 9.97 Å². The molecular formula is C59H36N2. The molecule has 0 fully saturated rings. The molecule has 2 nitrogen and oxygen atoms in total. The van der Waals surface area contributed by atoms with Crippen LogP contribution in [0.25, 0.3) is 99.6 Å². The zero-order valence-corrected chi connectivity index (χ0v) is 33.2. The maximum Gasteiger partial charge on any atom is 0.160 e. The van der Waals surface area contributed by atoms with Gasteiger partial charge in [0.1, 0.15) is 0 Å². The first-order valence-corrected chi connectivity index (χ1v) is 21.1. The molecule has 0 bridgehead atoms. The summed E-state index contributed by atoms with van der Waals surface area (Å²) in [4.78, 5) is 10.8. The Morgan fingerprint density at radius 2 is 0.836 bits per heavy atom. The average Bonchev–Trinajstić information content (AvgIpc) is 3.81. The summed E-state index contributed by atoms with van der Waals surface area (Å²) in [6.07, 6.45) is 0. The Hall–Kier alpha value is -7.94.